The topological polar surface area (TPSA) is 84.9 Å². The molecule has 1 N–H and O–H groups in total. The first-order valence-corrected chi connectivity index (χ1v) is 9.05. The van der Waals surface area contributed by atoms with Gasteiger partial charge in [0, 0.05) is 18.7 Å². The molecular formula is C21H22N2O5. The first kappa shape index (κ1) is 19.4. The molecule has 0 unspecified atom stereocenters. The summed E-state index contributed by atoms with van der Waals surface area (Å²) >= 11 is 0. The van der Waals surface area contributed by atoms with Crippen LogP contribution in [0.25, 0.3) is 0 Å². The van der Waals surface area contributed by atoms with Gasteiger partial charge in [0.25, 0.3) is 5.91 Å². The Morgan fingerprint density at radius 3 is 2.46 bits per heavy atom. The molecule has 1 aliphatic heterocycles. The van der Waals surface area contributed by atoms with Crippen LogP contribution >= 0.6 is 0 Å². The van der Waals surface area contributed by atoms with E-state index in [1.165, 1.54) is 14.0 Å². The number of carbonyl (C=O) groups excluding carboxylic acids is 3. The number of nitrogens with one attached hydrogen (secondary N) is 1. The number of hydrogen-bond acceptors (Lipinski definition) is 5. The molecule has 146 valence electrons. The molecule has 7 nitrogen and oxygen atoms in total. The zero-order valence-electron chi connectivity index (χ0n) is 15.8. The van der Waals surface area contributed by atoms with Gasteiger partial charge >= 0.3 is 5.97 Å². The highest BCUT2D eigenvalue weighted by molar-refractivity contribution is 5.99. The van der Waals surface area contributed by atoms with E-state index in [1.54, 1.807) is 53.4 Å². The van der Waals surface area contributed by atoms with Crippen molar-refractivity contribution in [2.24, 2.45) is 0 Å². The van der Waals surface area contributed by atoms with E-state index in [-0.39, 0.29) is 5.91 Å². The number of rotatable bonds is 6. The van der Waals surface area contributed by atoms with Crippen LogP contribution < -0.4 is 15.0 Å². The van der Waals surface area contributed by atoms with Gasteiger partial charge < -0.3 is 19.7 Å². The van der Waals surface area contributed by atoms with E-state index in [1.807, 2.05) is 0 Å². The third kappa shape index (κ3) is 4.31. The summed E-state index contributed by atoms with van der Waals surface area (Å²) in [6.07, 6.45) is 0.390. The molecule has 1 aliphatic rings. The SMILES string of the molecule is COc1ccccc1NC(=O)[C@H](C)OC(=O)c1ccc(N2CCCC2=O)cc1. The highest BCUT2D eigenvalue weighted by atomic mass is 16.5. The van der Waals surface area contributed by atoms with Crippen molar-refractivity contribution in [3.8, 4) is 5.75 Å². The molecule has 1 saturated heterocycles. The van der Waals surface area contributed by atoms with Gasteiger partial charge in [-0.05, 0) is 49.7 Å². The number of carbonyl (C=O) groups is 3. The minimum Gasteiger partial charge on any atom is -0.495 e. The van der Waals surface area contributed by atoms with E-state index in [0.29, 0.717) is 30.0 Å². The quantitative estimate of drug-likeness (QED) is 0.777. The molecule has 2 aromatic rings. The monoisotopic (exact) mass is 382 g/mol. The van der Waals surface area contributed by atoms with E-state index in [2.05, 4.69) is 5.32 Å². The van der Waals surface area contributed by atoms with Crippen LogP contribution in [-0.4, -0.2) is 37.5 Å². The Kier molecular flexibility index (Phi) is 5.93. The fourth-order valence-electron chi connectivity index (χ4n) is 2.96. The van der Waals surface area contributed by atoms with Crippen LogP contribution in [0.1, 0.15) is 30.1 Å². The Labute approximate surface area is 163 Å². The lowest BCUT2D eigenvalue weighted by Gasteiger charge is -2.17. The number of esters is 1. The van der Waals surface area contributed by atoms with E-state index in [9.17, 15) is 14.4 Å². The first-order valence-electron chi connectivity index (χ1n) is 9.05. The molecular weight excluding hydrogens is 360 g/mol. The van der Waals surface area contributed by atoms with Gasteiger partial charge in [0.05, 0.1) is 18.4 Å². The van der Waals surface area contributed by atoms with Crippen molar-refractivity contribution < 1.29 is 23.9 Å². The number of methoxy groups -OCH3 is 1. The number of ether oxygens (including phenoxy) is 2. The van der Waals surface area contributed by atoms with Crippen molar-refractivity contribution in [1.29, 1.82) is 0 Å². The lowest BCUT2D eigenvalue weighted by Crippen LogP contribution is -2.30. The lowest BCUT2D eigenvalue weighted by molar-refractivity contribution is -0.123. The van der Waals surface area contributed by atoms with Gasteiger partial charge in [-0.25, -0.2) is 4.79 Å². The Morgan fingerprint density at radius 1 is 1.11 bits per heavy atom. The number of amides is 2. The minimum atomic E-state index is -0.989. The molecule has 1 heterocycles. The van der Waals surface area contributed by atoms with Crippen LogP contribution in [0.3, 0.4) is 0 Å². The maximum atomic E-state index is 12.3. The number of para-hydroxylation sites is 2. The maximum absolute atomic E-state index is 12.3. The molecule has 0 bridgehead atoms. The van der Waals surface area contributed by atoms with Gasteiger partial charge in [-0.3, -0.25) is 9.59 Å². The van der Waals surface area contributed by atoms with E-state index in [4.69, 9.17) is 9.47 Å². The lowest BCUT2D eigenvalue weighted by atomic mass is 10.2. The van der Waals surface area contributed by atoms with Gasteiger partial charge in [0.2, 0.25) is 5.91 Å². The summed E-state index contributed by atoms with van der Waals surface area (Å²) in [6.45, 7) is 2.18. The second-order valence-electron chi connectivity index (χ2n) is 6.43. The second-order valence-corrected chi connectivity index (χ2v) is 6.43. The fraction of sp³-hybridized carbons (Fsp3) is 0.286. The number of benzene rings is 2. The second kappa shape index (κ2) is 8.56. The average molecular weight is 382 g/mol. The summed E-state index contributed by atoms with van der Waals surface area (Å²) in [5, 5.41) is 2.68. The van der Waals surface area contributed by atoms with E-state index in [0.717, 1.165) is 12.1 Å². The Morgan fingerprint density at radius 2 is 1.82 bits per heavy atom. The largest absolute Gasteiger partial charge is 0.495 e. The Bertz CT molecular complexity index is 879. The molecule has 28 heavy (non-hydrogen) atoms. The van der Waals surface area contributed by atoms with Crippen LogP contribution in [0.4, 0.5) is 11.4 Å². The number of hydrogen-bond donors (Lipinski definition) is 1. The summed E-state index contributed by atoms with van der Waals surface area (Å²) in [6, 6.07) is 13.6. The summed E-state index contributed by atoms with van der Waals surface area (Å²) in [5.74, 6) is -0.475. The van der Waals surface area contributed by atoms with Crippen molar-refractivity contribution in [3.05, 3.63) is 54.1 Å². The summed E-state index contributed by atoms with van der Waals surface area (Å²) in [4.78, 5) is 38.1. The first-order chi connectivity index (χ1) is 13.5. The molecule has 0 aromatic heterocycles. The average Bonchev–Trinajstić information content (AvgIpc) is 3.14. The normalized spacial score (nSPS) is 14.5. The van der Waals surface area contributed by atoms with Crippen LogP contribution in [0.5, 0.6) is 5.75 Å². The van der Waals surface area contributed by atoms with Crippen LogP contribution in [0.2, 0.25) is 0 Å². The van der Waals surface area contributed by atoms with Gasteiger partial charge in [-0.2, -0.15) is 0 Å². The standard InChI is InChI=1S/C21H22N2O5/c1-14(20(25)22-17-6-3-4-7-18(17)27-2)28-21(26)15-9-11-16(12-10-15)23-13-5-8-19(23)24/h3-4,6-7,9-12,14H,5,8,13H2,1-2H3,(H,22,25)/t14-/m0/s1. The van der Waals surface area contributed by atoms with Crippen molar-refractivity contribution >= 4 is 29.2 Å². The van der Waals surface area contributed by atoms with Crippen molar-refractivity contribution in [3.63, 3.8) is 0 Å². The Balaban J connectivity index is 1.60. The molecule has 0 radical (unpaired) electrons. The molecule has 0 saturated carbocycles. The number of nitrogens with zero attached hydrogens (tertiary/aromatic N) is 1. The number of anilines is 2. The zero-order chi connectivity index (χ0) is 20.1. The zero-order valence-corrected chi connectivity index (χ0v) is 15.8. The van der Waals surface area contributed by atoms with Crippen molar-refractivity contribution in [2.45, 2.75) is 25.9 Å². The third-order valence-corrected chi connectivity index (χ3v) is 4.51. The van der Waals surface area contributed by atoms with Crippen LogP contribution in [0, 0.1) is 0 Å². The maximum Gasteiger partial charge on any atom is 0.338 e. The molecule has 3 rings (SSSR count). The van der Waals surface area contributed by atoms with E-state index >= 15 is 0 Å². The highest BCUT2D eigenvalue weighted by Gasteiger charge is 2.23. The predicted octanol–water partition coefficient (Wildman–Crippen LogP) is 3.01. The molecule has 1 atom stereocenters. The minimum absolute atomic E-state index is 0.0805. The smallest absolute Gasteiger partial charge is 0.338 e. The van der Waals surface area contributed by atoms with Gasteiger partial charge in [0.15, 0.2) is 6.10 Å². The van der Waals surface area contributed by atoms with Crippen LogP contribution in [-0.2, 0) is 14.3 Å². The Hall–Kier alpha value is -3.35. The van der Waals surface area contributed by atoms with Gasteiger partial charge in [0.1, 0.15) is 5.75 Å². The molecule has 1 fully saturated rings. The molecule has 7 heteroatoms. The van der Waals surface area contributed by atoms with Gasteiger partial charge in [-0.15, -0.1) is 0 Å². The fourth-order valence-corrected chi connectivity index (χ4v) is 2.96. The molecule has 0 aliphatic carbocycles. The molecule has 0 spiro atoms. The third-order valence-electron chi connectivity index (χ3n) is 4.51. The van der Waals surface area contributed by atoms with Gasteiger partial charge in [-0.1, -0.05) is 12.1 Å². The summed E-state index contributed by atoms with van der Waals surface area (Å²) < 4.78 is 10.4. The predicted molar refractivity (Wildman–Crippen MR) is 105 cm³/mol. The van der Waals surface area contributed by atoms with Crippen molar-refractivity contribution in [2.75, 3.05) is 23.9 Å². The van der Waals surface area contributed by atoms with Crippen molar-refractivity contribution in [1.82, 2.24) is 0 Å². The van der Waals surface area contributed by atoms with E-state index < -0.39 is 18.0 Å². The molecule has 2 aromatic carbocycles. The highest BCUT2D eigenvalue weighted by Crippen LogP contribution is 2.24. The van der Waals surface area contributed by atoms with Crippen LogP contribution in [0.15, 0.2) is 48.5 Å². The molecule has 2 amide bonds. The summed E-state index contributed by atoms with van der Waals surface area (Å²) in [5.41, 5.74) is 1.56. The summed E-state index contributed by atoms with van der Waals surface area (Å²) in [7, 11) is 1.51.